The van der Waals surface area contributed by atoms with Gasteiger partial charge in [-0.25, -0.2) is 4.98 Å². The van der Waals surface area contributed by atoms with Crippen LogP contribution in [0.25, 0.3) is 0 Å². The van der Waals surface area contributed by atoms with Gasteiger partial charge in [0.1, 0.15) is 0 Å². The van der Waals surface area contributed by atoms with Crippen molar-refractivity contribution in [2.24, 2.45) is 0 Å². The van der Waals surface area contributed by atoms with E-state index in [-0.39, 0.29) is 18.7 Å². The highest BCUT2D eigenvalue weighted by Crippen LogP contribution is 2.19. The third-order valence-electron chi connectivity index (χ3n) is 3.49. The van der Waals surface area contributed by atoms with Crippen molar-refractivity contribution < 1.29 is 13.5 Å². The minimum absolute atomic E-state index is 0.128. The third-order valence-corrected chi connectivity index (χ3v) is 5.28. The molecule has 1 aromatic rings. The zero-order valence-corrected chi connectivity index (χ0v) is 12.5. The maximum absolute atomic E-state index is 12.4. The summed E-state index contributed by atoms with van der Waals surface area (Å²) in [6.45, 7) is 2.68. The summed E-state index contributed by atoms with van der Waals surface area (Å²) in [4.78, 5) is 3.93. The fourth-order valence-electron chi connectivity index (χ4n) is 2.54. The van der Waals surface area contributed by atoms with Crippen LogP contribution in [0, 0.1) is 0 Å². The molecule has 0 saturated carbocycles. The number of hydrogen-bond donors (Lipinski definition) is 2. The van der Waals surface area contributed by atoms with Crippen molar-refractivity contribution in [2.75, 3.05) is 13.2 Å². The molecule has 2 unspecified atom stereocenters. The van der Waals surface area contributed by atoms with Crippen molar-refractivity contribution in [3.63, 3.8) is 0 Å². The summed E-state index contributed by atoms with van der Waals surface area (Å²) in [6.07, 6.45) is 7.63. The van der Waals surface area contributed by atoms with Crippen LogP contribution in [0.2, 0.25) is 0 Å². The Balaban J connectivity index is 1.98. The Kier molecular flexibility index (Phi) is 5.14. The fraction of sp³-hybridized carbons (Fsp3) is 0.750. The SMILES string of the molecule is CC(Cn1ccnc1)NS(=O)(=O)N1CCCCC1CO. The summed E-state index contributed by atoms with van der Waals surface area (Å²) in [5, 5.41) is 9.32. The van der Waals surface area contributed by atoms with E-state index < -0.39 is 10.2 Å². The van der Waals surface area contributed by atoms with Crippen molar-refractivity contribution in [1.29, 1.82) is 0 Å². The molecule has 0 spiro atoms. The number of hydrogen-bond acceptors (Lipinski definition) is 4. The van der Waals surface area contributed by atoms with Crippen LogP contribution in [-0.2, 0) is 16.8 Å². The Morgan fingerprint density at radius 2 is 2.30 bits per heavy atom. The van der Waals surface area contributed by atoms with Crippen LogP contribution in [0.5, 0.6) is 0 Å². The van der Waals surface area contributed by atoms with E-state index in [2.05, 4.69) is 9.71 Å². The standard InChI is InChI=1S/C12H22N4O3S/c1-11(8-15-7-5-13-10-15)14-20(18,19)16-6-3-2-4-12(16)9-17/h5,7,10-12,14,17H,2-4,6,8-9H2,1H3. The van der Waals surface area contributed by atoms with Gasteiger partial charge in [-0.2, -0.15) is 17.4 Å². The summed E-state index contributed by atoms with van der Waals surface area (Å²) in [5.41, 5.74) is 0. The third kappa shape index (κ3) is 3.78. The zero-order chi connectivity index (χ0) is 14.6. The van der Waals surface area contributed by atoms with E-state index in [1.54, 1.807) is 18.7 Å². The topological polar surface area (TPSA) is 87.5 Å². The van der Waals surface area contributed by atoms with E-state index in [1.165, 1.54) is 4.31 Å². The Morgan fingerprint density at radius 1 is 1.50 bits per heavy atom. The molecule has 0 amide bonds. The first-order valence-corrected chi connectivity index (χ1v) is 8.32. The molecule has 1 aliphatic rings. The molecule has 0 radical (unpaired) electrons. The second kappa shape index (κ2) is 6.66. The number of aromatic nitrogens is 2. The molecule has 1 saturated heterocycles. The van der Waals surface area contributed by atoms with E-state index in [1.807, 2.05) is 11.5 Å². The van der Waals surface area contributed by atoms with Gasteiger partial charge in [-0.05, 0) is 19.8 Å². The lowest BCUT2D eigenvalue weighted by molar-refractivity contribution is 0.153. The maximum atomic E-state index is 12.4. The Bertz CT molecular complexity index is 503. The molecule has 0 aromatic carbocycles. The first-order chi connectivity index (χ1) is 9.53. The smallest absolute Gasteiger partial charge is 0.280 e. The van der Waals surface area contributed by atoms with Gasteiger partial charge in [0, 0.05) is 37.6 Å². The lowest BCUT2D eigenvalue weighted by atomic mass is 10.1. The van der Waals surface area contributed by atoms with Crippen molar-refractivity contribution in [2.45, 2.75) is 44.8 Å². The Morgan fingerprint density at radius 3 is 2.95 bits per heavy atom. The average molecular weight is 302 g/mol. The summed E-state index contributed by atoms with van der Waals surface area (Å²) >= 11 is 0. The molecule has 0 bridgehead atoms. The highest BCUT2D eigenvalue weighted by molar-refractivity contribution is 7.87. The molecular formula is C12H22N4O3S. The summed E-state index contributed by atoms with van der Waals surface area (Å²) in [7, 11) is -3.56. The second-order valence-corrected chi connectivity index (χ2v) is 6.88. The maximum Gasteiger partial charge on any atom is 0.280 e. The average Bonchev–Trinajstić information content (AvgIpc) is 2.90. The molecule has 114 valence electrons. The largest absolute Gasteiger partial charge is 0.395 e. The van der Waals surface area contributed by atoms with E-state index in [0.29, 0.717) is 19.5 Å². The molecule has 1 aromatic heterocycles. The van der Waals surface area contributed by atoms with Gasteiger partial charge in [0.25, 0.3) is 10.2 Å². The van der Waals surface area contributed by atoms with Gasteiger partial charge in [-0.1, -0.05) is 6.42 Å². The van der Waals surface area contributed by atoms with Crippen molar-refractivity contribution in [3.8, 4) is 0 Å². The summed E-state index contributed by atoms with van der Waals surface area (Å²) in [5.74, 6) is 0. The summed E-state index contributed by atoms with van der Waals surface area (Å²) in [6, 6.07) is -0.544. The van der Waals surface area contributed by atoms with E-state index in [0.717, 1.165) is 12.8 Å². The molecule has 2 N–H and O–H groups in total. The van der Waals surface area contributed by atoms with E-state index in [4.69, 9.17) is 0 Å². The Hall–Kier alpha value is -0.960. The number of nitrogens with zero attached hydrogens (tertiary/aromatic N) is 3. The fourth-order valence-corrected chi connectivity index (χ4v) is 4.20. The predicted molar refractivity (Wildman–Crippen MR) is 75.2 cm³/mol. The van der Waals surface area contributed by atoms with Gasteiger partial charge in [-0.15, -0.1) is 0 Å². The molecular weight excluding hydrogens is 280 g/mol. The first kappa shape index (κ1) is 15.4. The molecule has 1 fully saturated rings. The van der Waals surface area contributed by atoms with Gasteiger partial charge in [0.2, 0.25) is 0 Å². The van der Waals surface area contributed by atoms with Crippen LogP contribution in [0.15, 0.2) is 18.7 Å². The van der Waals surface area contributed by atoms with Crippen LogP contribution < -0.4 is 4.72 Å². The van der Waals surface area contributed by atoms with Crippen LogP contribution in [0.3, 0.4) is 0 Å². The van der Waals surface area contributed by atoms with Crippen molar-refractivity contribution in [1.82, 2.24) is 18.6 Å². The monoisotopic (exact) mass is 302 g/mol. The van der Waals surface area contributed by atoms with Gasteiger partial charge in [-0.3, -0.25) is 0 Å². The predicted octanol–water partition coefficient (Wildman–Crippen LogP) is -0.0472. The molecule has 2 atom stereocenters. The highest BCUT2D eigenvalue weighted by atomic mass is 32.2. The van der Waals surface area contributed by atoms with Crippen LogP contribution in [0.4, 0.5) is 0 Å². The molecule has 8 heteroatoms. The lowest BCUT2D eigenvalue weighted by Crippen LogP contribution is -2.52. The van der Waals surface area contributed by atoms with Crippen molar-refractivity contribution in [3.05, 3.63) is 18.7 Å². The molecule has 20 heavy (non-hydrogen) atoms. The van der Waals surface area contributed by atoms with Crippen LogP contribution in [-0.4, -0.2) is 52.6 Å². The van der Waals surface area contributed by atoms with Gasteiger partial charge < -0.3 is 9.67 Å². The van der Waals surface area contributed by atoms with E-state index >= 15 is 0 Å². The number of aliphatic hydroxyl groups excluding tert-OH is 1. The van der Waals surface area contributed by atoms with Gasteiger partial charge >= 0.3 is 0 Å². The summed E-state index contributed by atoms with van der Waals surface area (Å²) < 4.78 is 30.6. The quantitative estimate of drug-likeness (QED) is 0.771. The molecule has 7 nitrogen and oxygen atoms in total. The normalized spacial score (nSPS) is 22.8. The number of piperidine rings is 1. The minimum Gasteiger partial charge on any atom is -0.395 e. The minimum atomic E-state index is -3.56. The number of imidazole rings is 1. The van der Waals surface area contributed by atoms with Gasteiger partial charge in [0.05, 0.1) is 12.9 Å². The van der Waals surface area contributed by atoms with Crippen LogP contribution in [0.1, 0.15) is 26.2 Å². The number of rotatable bonds is 6. The second-order valence-electron chi connectivity index (χ2n) is 5.23. The van der Waals surface area contributed by atoms with Gasteiger partial charge in [0.15, 0.2) is 0 Å². The molecule has 1 aliphatic heterocycles. The highest BCUT2D eigenvalue weighted by Gasteiger charge is 2.32. The van der Waals surface area contributed by atoms with Crippen molar-refractivity contribution >= 4 is 10.2 Å². The number of nitrogens with one attached hydrogen (secondary N) is 1. The molecule has 0 aliphatic carbocycles. The van der Waals surface area contributed by atoms with E-state index in [9.17, 15) is 13.5 Å². The van der Waals surface area contributed by atoms with Crippen LogP contribution >= 0.6 is 0 Å². The number of aliphatic hydroxyl groups is 1. The Labute approximate surface area is 119 Å². The molecule has 2 rings (SSSR count). The zero-order valence-electron chi connectivity index (χ0n) is 11.6. The molecule has 2 heterocycles. The first-order valence-electron chi connectivity index (χ1n) is 6.88. The lowest BCUT2D eigenvalue weighted by Gasteiger charge is -2.34.